The highest BCUT2D eigenvalue weighted by molar-refractivity contribution is 5.98. The molecule has 3 heteroatoms. The van der Waals surface area contributed by atoms with Gasteiger partial charge in [0.1, 0.15) is 5.69 Å². The van der Waals surface area contributed by atoms with Gasteiger partial charge in [0, 0.05) is 16.9 Å². The van der Waals surface area contributed by atoms with E-state index in [9.17, 15) is 4.79 Å². The molecule has 0 aliphatic heterocycles. The summed E-state index contributed by atoms with van der Waals surface area (Å²) in [6.45, 7) is 6.61. The van der Waals surface area contributed by atoms with Crippen LogP contribution in [0.4, 0.5) is 0 Å². The van der Waals surface area contributed by atoms with Crippen LogP contribution in [0.2, 0.25) is 0 Å². The lowest BCUT2D eigenvalue weighted by molar-refractivity contribution is 0.0887. The molecule has 1 aliphatic carbocycles. The van der Waals surface area contributed by atoms with E-state index in [0.29, 0.717) is 23.6 Å². The second kappa shape index (κ2) is 5.55. The van der Waals surface area contributed by atoms with Crippen molar-refractivity contribution in [1.82, 2.24) is 10.3 Å². The monoisotopic (exact) mass is 284 g/mol. The van der Waals surface area contributed by atoms with Crippen LogP contribution in [0.15, 0.2) is 24.3 Å². The van der Waals surface area contributed by atoms with E-state index in [1.165, 1.54) is 18.4 Å². The van der Waals surface area contributed by atoms with Gasteiger partial charge >= 0.3 is 0 Å². The fourth-order valence-electron chi connectivity index (χ4n) is 3.41. The van der Waals surface area contributed by atoms with E-state index >= 15 is 0 Å². The van der Waals surface area contributed by atoms with Crippen LogP contribution in [0.5, 0.6) is 0 Å². The summed E-state index contributed by atoms with van der Waals surface area (Å²) in [5, 5.41) is 4.32. The van der Waals surface area contributed by atoms with E-state index in [4.69, 9.17) is 0 Å². The molecule has 112 valence electrons. The molecule has 1 amide bonds. The Morgan fingerprint density at radius 3 is 2.86 bits per heavy atom. The molecule has 21 heavy (non-hydrogen) atoms. The van der Waals surface area contributed by atoms with Gasteiger partial charge in [0.15, 0.2) is 0 Å². The summed E-state index contributed by atoms with van der Waals surface area (Å²) in [4.78, 5) is 15.7. The molecule has 1 fully saturated rings. The number of carbonyl (C=O) groups is 1. The van der Waals surface area contributed by atoms with Gasteiger partial charge in [0.05, 0.1) is 0 Å². The van der Waals surface area contributed by atoms with Crippen LogP contribution in [0.25, 0.3) is 10.9 Å². The van der Waals surface area contributed by atoms with Crippen LogP contribution < -0.4 is 5.32 Å². The van der Waals surface area contributed by atoms with Crippen LogP contribution in [-0.4, -0.2) is 16.9 Å². The van der Waals surface area contributed by atoms with E-state index < -0.39 is 0 Å². The Kier molecular flexibility index (Phi) is 3.75. The van der Waals surface area contributed by atoms with Gasteiger partial charge in [-0.15, -0.1) is 0 Å². The summed E-state index contributed by atoms with van der Waals surface area (Å²) in [6.07, 6.45) is 3.58. The molecule has 1 aromatic carbocycles. The maximum absolute atomic E-state index is 12.5. The molecular formula is C18H24N2O. The summed E-state index contributed by atoms with van der Waals surface area (Å²) in [5.74, 6) is 1.26. The SMILES string of the molecule is Cc1ccc2[nH]c(C(=O)N[C@H]3CCC[C@H](C)[C@@H]3C)cc2c1. The van der Waals surface area contributed by atoms with Crippen molar-refractivity contribution in [3.8, 4) is 0 Å². The number of nitrogens with one attached hydrogen (secondary N) is 2. The lowest BCUT2D eigenvalue weighted by Gasteiger charge is -2.34. The number of amides is 1. The molecule has 0 bridgehead atoms. The third-order valence-corrected chi connectivity index (χ3v) is 5.04. The molecule has 0 saturated heterocycles. The highest BCUT2D eigenvalue weighted by atomic mass is 16.1. The minimum absolute atomic E-state index is 0.0230. The third kappa shape index (κ3) is 2.82. The molecular weight excluding hydrogens is 260 g/mol. The first-order valence-corrected chi connectivity index (χ1v) is 7.95. The zero-order valence-electron chi connectivity index (χ0n) is 13.1. The number of benzene rings is 1. The van der Waals surface area contributed by atoms with E-state index in [1.807, 2.05) is 12.1 Å². The highest BCUT2D eigenvalue weighted by Crippen LogP contribution is 2.29. The van der Waals surface area contributed by atoms with Gasteiger partial charge in [0.2, 0.25) is 0 Å². The fraction of sp³-hybridized carbons (Fsp3) is 0.500. The fourth-order valence-corrected chi connectivity index (χ4v) is 3.41. The average molecular weight is 284 g/mol. The number of fused-ring (bicyclic) bond motifs is 1. The highest BCUT2D eigenvalue weighted by Gasteiger charge is 2.28. The predicted molar refractivity (Wildman–Crippen MR) is 86.5 cm³/mol. The van der Waals surface area contributed by atoms with Gasteiger partial charge in [-0.2, -0.15) is 0 Å². The van der Waals surface area contributed by atoms with Crippen molar-refractivity contribution in [2.45, 2.75) is 46.1 Å². The topological polar surface area (TPSA) is 44.9 Å². The summed E-state index contributed by atoms with van der Waals surface area (Å²) >= 11 is 0. The molecule has 2 N–H and O–H groups in total. The largest absolute Gasteiger partial charge is 0.351 e. The quantitative estimate of drug-likeness (QED) is 0.859. The Bertz CT molecular complexity index is 658. The Hall–Kier alpha value is -1.77. The van der Waals surface area contributed by atoms with E-state index in [-0.39, 0.29) is 5.91 Å². The van der Waals surface area contributed by atoms with Gasteiger partial charge < -0.3 is 10.3 Å². The Balaban J connectivity index is 1.77. The smallest absolute Gasteiger partial charge is 0.267 e. The second-order valence-corrected chi connectivity index (χ2v) is 6.62. The van der Waals surface area contributed by atoms with Gasteiger partial charge in [-0.05, 0) is 43.4 Å². The number of H-pyrrole nitrogens is 1. The molecule has 0 radical (unpaired) electrons. The Labute approximate surface area is 126 Å². The minimum atomic E-state index is 0.0230. The average Bonchev–Trinajstić information content (AvgIpc) is 2.87. The van der Waals surface area contributed by atoms with Crippen LogP contribution in [0, 0.1) is 18.8 Å². The Morgan fingerprint density at radius 2 is 2.05 bits per heavy atom. The molecule has 0 unspecified atom stereocenters. The number of aromatic amines is 1. The number of hydrogen-bond acceptors (Lipinski definition) is 1. The van der Waals surface area contributed by atoms with E-state index in [1.54, 1.807) is 0 Å². The predicted octanol–water partition coefficient (Wildman–Crippen LogP) is 4.03. The Morgan fingerprint density at radius 1 is 1.24 bits per heavy atom. The van der Waals surface area contributed by atoms with E-state index in [2.05, 4.69) is 43.2 Å². The van der Waals surface area contributed by atoms with Crippen LogP contribution in [0.3, 0.4) is 0 Å². The van der Waals surface area contributed by atoms with Crippen molar-refractivity contribution in [2.75, 3.05) is 0 Å². The van der Waals surface area contributed by atoms with Crippen molar-refractivity contribution in [3.63, 3.8) is 0 Å². The van der Waals surface area contributed by atoms with Crippen LogP contribution >= 0.6 is 0 Å². The number of aromatic nitrogens is 1. The molecule has 1 aliphatic rings. The zero-order valence-corrected chi connectivity index (χ0v) is 13.1. The summed E-state index contributed by atoms with van der Waals surface area (Å²) in [7, 11) is 0. The van der Waals surface area contributed by atoms with Crippen molar-refractivity contribution < 1.29 is 4.79 Å². The molecule has 3 nitrogen and oxygen atoms in total. The summed E-state index contributed by atoms with van der Waals surface area (Å²) in [5.41, 5.74) is 2.90. The number of rotatable bonds is 2. The van der Waals surface area contributed by atoms with Gasteiger partial charge in [-0.3, -0.25) is 4.79 Å². The molecule has 3 rings (SSSR count). The van der Waals surface area contributed by atoms with Crippen molar-refractivity contribution in [3.05, 3.63) is 35.5 Å². The van der Waals surface area contributed by atoms with Crippen LogP contribution in [-0.2, 0) is 0 Å². The molecule has 2 aromatic rings. The van der Waals surface area contributed by atoms with Gasteiger partial charge in [0.25, 0.3) is 5.91 Å². The molecule has 0 spiro atoms. The van der Waals surface area contributed by atoms with Crippen molar-refractivity contribution >= 4 is 16.8 Å². The summed E-state index contributed by atoms with van der Waals surface area (Å²) < 4.78 is 0. The third-order valence-electron chi connectivity index (χ3n) is 5.04. The summed E-state index contributed by atoms with van der Waals surface area (Å²) in [6, 6.07) is 8.45. The lowest BCUT2D eigenvalue weighted by Crippen LogP contribution is -2.43. The first-order chi connectivity index (χ1) is 10.0. The molecule has 1 heterocycles. The molecule has 1 aromatic heterocycles. The molecule has 3 atom stereocenters. The number of aryl methyl sites for hydroxylation is 1. The first-order valence-electron chi connectivity index (χ1n) is 7.95. The normalized spacial score (nSPS) is 26.0. The van der Waals surface area contributed by atoms with Gasteiger partial charge in [-0.1, -0.05) is 38.3 Å². The maximum Gasteiger partial charge on any atom is 0.267 e. The maximum atomic E-state index is 12.5. The minimum Gasteiger partial charge on any atom is -0.351 e. The van der Waals surface area contributed by atoms with Crippen LogP contribution in [0.1, 0.15) is 49.2 Å². The second-order valence-electron chi connectivity index (χ2n) is 6.62. The lowest BCUT2D eigenvalue weighted by atomic mass is 9.78. The number of carbonyl (C=O) groups excluding carboxylic acids is 1. The molecule has 1 saturated carbocycles. The van der Waals surface area contributed by atoms with E-state index in [0.717, 1.165) is 17.3 Å². The number of hydrogen-bond donors (Lipinski definition) is 2. The standard InChI is InChI=1S/C18H24N2O/c1-11-7-8-16-14(9-11)10-17(19-16)18(21)20-15-6-4-5-12(2)13(15)3/h7-10,12-13,15,19H,4-6H2,1-3H3,(H,20,21)/t12-,13-,15-/m0/s1. The zero-order chi connectivity index (χ0) is 15.0. The van der Waals surface area contributed by atoms with Crippen molar-refractivity contribution in [1.29, 1.82) is 0 Å². The van der Waals surface area contributed by atoms with Crippen molar-refractivity contribution in [2.24, 2.45) is 11.8 Å². The first kappa shape index (κ1) is 14.2. The van der Waals surface area contributed by atoms with Gasteiger partial charge in [-0.25, -0.2) is 0 Å².